The lowest BCUT2D eigenvalue weighted by Crippen LogP contribution is -2.46. The molecule has 0 N–H and O–H groups in total. The molecule has 1 heterocycles. The highest BCUT2D eigenvalue weighted by atomic mass is 79.9. The van der Waals surface area contributed by atoms with Gasteiger partial charge in [0, 0.05) is 18.6 Å². The van der Waals surface area contributed by atoms with Gasteiger partial charge in [-0.25, -0.2) is 0 Å². The maximum Gasteiger partial charge on any atom is 0.261 e. The topological polar surface area (TPSA) is 42.0 Å². The Labute approximate surface area is 159 Å². The highest BCUT2D eigenvalue weighted by molar-refractivity contribution is 9.10. The van der Waals surface area contributed by atoms with E-state index in [2.05, 4.69) is 41.6 Å². The van der Waals surface area contributed by atoms with E-state index in [1.165, 1.54) is 6.42 Å². The molecule has 140 valence electrons. The minimum absolute atomic E-state index is 0.0482. The number of carbonyl (C=O) groups is 1. The van der Waals surface area contributed by atoms with E-state index in [1.54, 1.807) is 20.3 Å². The van der Waals surface area contributed by atoms with Gasteiger partial charge in [0.2, 0.25) is 0 Å². The molecule has 1 aromatic carbocycles. The monoisotopic (exact) mass is 412 g/mol. The lowest BCUT2D eigenvalue weighted by molar-refractivity contribution is 0.0640. The summed E-state index contributed by atoms with van der Waals surface area (Å²) in [4.78, 5) is 17.8. The number of benzene rings is 1. The Bertz CT molecular complexity index is 607. The van der Waals surface area contributed by atoms with Crippen LogP contribution in [0.4, 0.5) is 0 Å². The van der Waals surface area contributed by atoms with E-state index in [1.807, 2.05) is 11.0 Å². The van der Waals surface area contributed by atoms with Crippen molar-refractivity contribution in [2.75, 3.05) is 33.9 Å². The summed E-state index contributed by atoms with van der Waals surface area (Å²) in [6.45, 7) is 9.16. The number of hydrogen-bond donors (Lipinski definition) is 0. The third-order valence-corrected chi connectivity index (χ3v) is 5.53. The molecule has 0 aliphatic carbocycles. The number of likely N-dealkylation sites (N-methyl/N-ethyl adjacent to an activating group) is 1. The van der Waals surface area contributed by atoms with Crippen molar-refractivity contribution in [1.82, 2.24) is 9.80 Å². The Morgan fingerprint density at radius 3 is 2.64 bits per heavy atom. The van der Waals surface area contributed by atoms with Crippen LogP contribution in [0, 0.1) is 0 Å². The van der Waals surface area contributed by atoms with Crippen LogP contribution in [-0.4, -0.2) is 61.6 Å². The zero-order valence-electron chi connectivity index (χ0n) is 15.8. The smallest absolute Gasteiger partial charge is 0.261 e. The van der Waals surface area contributed by atoms with Crippen LogP contribution in [0.15, 0.2) is 16.6 Å². The molecule has 2 rings (SSSR count). The number of halogens is 1. The summed E-state index contributed by atoms with van der Waals surface area (Å²) >= 11 is 3.47. The lowest BCUT2D eigenvalue weighted by atomic mass is 10.1. The average molecular weight is 413 g/mol. The molecule has 1 atom stereocenters. The molecule has 1 unspecified atom stereocenters. The minimum Gasteiger partial charge on any atom is -0.496 e. The molecule has 1 aliphatic rings. The number of methoxy groups -OCH3 is 2. The van der Waals surface area contributed by atoms with Gasteiger partial charge in [0.25, 0.3) is 5.91 Å². The first kappa shape index (κ1) is 20.0. The minimum atomic E-state index is -0.0482. The lowest BCUT2D eigenvalue weighted by Gasteiger charge is -2.33. The maximum atomic E-state index is 13.4. The second-order valence-corrected chi connectivity index (χ2v) is 7.49. The van der Waals surface area contributed by atoms with Gasteiger partial charge in [-0.3, -0.25) is 9.69 Å². The Morgan fingerprint density at radius 2 is 2.08 bits per heavy atom. The normalized spacial score (nSPS) is 17.8. The fraction of sp³-hybridized carbons (Fsp3) is 0.632. The summed E-state index contributed by atoms with van der Waals surface area (Å²) in [5.41, 5.74) is 0.481. The average Bonchev–Trinajstić information content (AvgIpc) is 3.05. The molecular formula is C19H29BrN2O3. The molecule has 1 aromatic rings. The van der Waals surface area contributed by atoms with Gasteiger partial charge < -0.3 is 14.4 Å². The van der Waals surface area contributed by atoms with Crippen molar-refractivity contribution in [3.8, 4) is 11.5 Å². The van der Waals surface area contributed by atoms with E-state index in [0.29, 0.717) is 23.1 Å². The molecule has 25 heavy (non-hydrogen) atoms. The van der Waals surface area contributed by atoms with E-state index >= 15 is 0 Å². The first-order valence-electron chi connectivity index (χ1n) is 8.90. The van der Waals surface area contributed by atoms with Crippen LogP contribution in [0.5, 0.6) is 11.5 Å². The van der Waals surface area contributed by atoms with Crippen LogP contribution in [0.3, 0.4) is 0 Å². The summed E-state index contributed by atoms with van der Waals surface area (Å²) in [5.74, 6) is 1.01. The molecule has 1 saturated heterocycles. The molecule has 1 fully saturated rings. The number of likely N-dealkylation sites (tertiary alicyclic amines) is 1. The Hall–Kier alpha value is -1.27. The molecule has 0 aromatic heterocycles. The van der Waals surface area contributed by atoms with Crippen molar-refractivity contribution in [1.29, 1.82) is 0 Å². The number of ether oxygens (including phenoxy) is 2. The molecule has 1 aliphatic heterocycles. The Balaban J connectivity index is 2.36. The van der Waals surface area contributed by atoms with Crippen LogP contribution in [0.1, 0.15) is 44.0 Å². The number of nitrogens with zero attached hydrogens (tertiary/aromatic N) is 2. The van der Waals surface area contributed by atoms with Gasteiger partial charge >= 0.3 is 0 Å². The van der Waals surface area contributed by atoms with Crippen LogP contribution in [0.2, 0.25) is 0 Å². The number of amides is 1. The van der Waals surface area contributed by atoms with Gasteiger partial charge in [0.1, 0.15) is 17.1 Å². The van der Waals surface area contributed by atoms with E-state index in [0.717, 1.165) is 30.5 Å². The first-order chi connectivity index (χ1) is 11.9. The SMILES string of the molecule is CCN1CCCC1CN(C(=O)c1c(OC)ccc(Br)c1OC)C(C)C. The van der Waals surface area contributed by atoms with Crippen molar-refractivity contribution in [2.24, 2.45) is 0 Å². The highest BCUT2D eigenvalue weighted by Crippen LogP contribution is 2.37. The zero-order valence-corrected chi connectivity index (χ0v) is 17.4. The van der Waals surface area contributed by atoms with Crippen molar-refractivity contribution in [3.05, 3.63) is 22.2 Å². The fourth-order valence-corrected chi connectivity index (χ4v) is 4.02. The highest BCUT2D eigenvalue weighted by Gasteiger charge is 2.32. The zero-order chi connectivity index (χ0) is 18.6. The summed E-state index contributed by atoms with van der Waals surface area (Å²) < 4.78 is 11.7. The third-order valence-electron chi connectivity index (χ3n) is 4.91. The fourth-order valence-electron chi connectivity index (χ4n) is 3.53. The van der Waals surface area contributed by atoms with E-state index in [9.17, 15) is 4.79 Å². The van der Waals surface area contributed by atoms with Gasteiger partial charge in [0.15, 0.2) is 0 Å². The quantitative estimate of drug-likeness (QED) is 0.682. The van der Waals surface area contributed by atoms with Gasteiger partial charge in [-0.1, -0.05) is 6.92 Å². The summed E-state index contributed by atoms with van der Waals surface area (Å²) in [7, 11) is 3.15. The summed E-state index contributed by atoms with van der Waals surface area (Å²) in [6, 6.07) is 4.15. The van der Waals surface area contributed by atoms with Crippen molar-refractivity contribution in [2.45, 2.75) is 45.7 Å². The summed E-state index contributed by atoms with van der Waals surface area (Å²) in [6.07, 6.45) is 2.33. The molecule has 5 nitrogen and oxygen atoms in total. The second-order valence-electron chi connectivity index (χ2n) is 6.63. The predicted octanol–water partition coefficient (Wildman–Crippen LogP) is 3.80. The molecule has 0 bridgehead atoms. The molecule has 0 spiro atoms. The number of carbonyl (C=O) groups excluding carboxylic acids is 1. The maximum absolute atomic E-state index is 13.4. The number of hydrogen-bond acceptors (Lipinski definition) is 4. The van der Waals surface area contributed by atoms with E-state index < -0.39 is 0 Å². The standard InChI is InChI=1S/C19H29BrN2O3/c1-6-21-11-7-8-14(21)12-22(13(2)3)19(23)17-16(24-4)10-9-15(20)18(17)25-5/h9-10,13-14H,6-8,11-12H2,1-5H3. The molecular weight excluding hydrogens is 384 g/mol. The third kappa shape index (κ3) is 4.29. The summed E-state index contributed by atoms with van der Waals surface area (Å²) in [5, 5.41) is 0. The van der Waals surface area contributed by atoms with Crippen molar-refractivity contribution >= 4 is 21.8 Å². The largest absolute Gasteiger partial charge is 0.496 e. The van der Waals surface area contributed by atoms with Crippen LogP contribution >= 0.6 is 15.9 Å². The Kier molecular flexibility index (Phi) is 7.14. The van der Waals surface area contributed by atoms with Crippen LogP contribution in [0.25, 0.3) is 0 Å². The number of rotatable bonds is 7. The molecule has 0 saturated carbocycles. The van der Waals surface area contributed by atoms with Gasteiger partial charge in [-0.15, -0.1) is 0 Å². The predicted molar refractivity (Wildman–Crippen MR) is 104 cm³/mol. The van der Waals surface area contributed by atoms with Gasteiger partial charge in [-0.05, 0) is 67.8 Å². The molecule has 1 amide bonds. The van der Waals surface area contributed by atoms with Crippen LogP contribution < -0.4 is 9.47 Å². The van der Waals surface area contributed by atoms with E-state index in [4.69, 9.17) is 9.47 Å². The van der Waals surface area contributed by atoms with E-state index in [-0.39, 0.29) is 11.9 Å². The van der Waals surface area contributed by atoms with Gasteiger partial charge in [0.05, 0.1) is 18.7 Å². The van der Waals surface area contributed by atoms with Crippen LogP contribution in [-0.2, 0) is 0 Å². The van der Waals surface area contributed by atoms with Crippen molar-refractivity contribution in [3.63, 3.8) is 0 Å². The van der Waals surface area contributed by atoms with Crippen molar-refractivity contribution < 1.29 is 14.3 Å². The second kappa shape index (κ2) is 8.90. The molecule has 6 heteroatoms. The Morgan fingerprint density at radius 1 is 1.36 bits per heavy atom. The van der Waals surface area contributed by atoms with Gasteiger partial charge in [-0.2, -0.15) is 0 Å². The molecule has 0 radical (unpaired) electrons. The first-order valence-corrected chi connectivity index (χ1v) is 9.69.